The minimum Gasteiger partial charge on any atom is -0.496 e. The van der Waals surface area contributed by atoms with E-state index in [1.807, 2.05) is 20.8 Å². The Kier molecular flexibility index (Phi) is 8.95. The molecule has 1 amide bonds. The van der Waals surface area contributed by atoms with Crippen molar-refractivity contribution in [2.75, 3.05) is 32.8 Å². The van der Waals surface area contributed by atoms with Crippen LogP contribution in [0.1, 0.15) is 38.0 Å². The van der Waals surface area contributed by atoms with Gasteiger partial charge in [0.1, 0.15) is 23.4 Å². The normalized spacial score (nSPS) is 12.4. The Morgan fingerprint density at radius 2 is 1.62 bits per heavy atom. The van der Waals surface area contributed by atoms with E-state index < -0.39 is 18.0 Å². The van der Waals surface area contributed by atoms with Crippen LogP contribution >= 0.6 is 11.6 Å². The van der Waals surface area contributed by atoms with E-state index in [2.05, 4.69) is 0 Å². The third kappa shape index (κ3) is 6.65. The van der Waals surface area contributed by atoms with Crippen LogP contribution in [0.3, 0.4) is 0 Å². The third-order valence-electron chi connectivity index (χ3n) is 4.87. The molecule has 0 aliphatic heterocycles. The summed E-state index contributed by atoms with van der Waals surface area (Å²) in [5, 5.41) is 20.8. The number of rotatable bonds is 9. The molecule has 8 nitrogen and oxygen atoms in total. The molecule has 0 spiro atoms. The van der Waals surface area contributed by atoms with Crippen molar-refractivity contribution in [3.8, 4) is 17.2 Å². The van der Waals surface area contributed by atoms with Crippen LogP contribution in [0.4, 0.5) is 5.69 Å². The number of anilines is 1. The van der Waals surface area contributed by atoms with Crippen molar-refractivity contribution in [2.24, 2.45) is 5.41 Å². The van der Waals surface area contributed by atoms with Crippen LogP contribution in [0, 0.1) is 5.41 Å². The monoisotopic (exact) mass is 491 g/mol. The molecule has 1 unspecified atom stereocenters. The summed E-state index contributed by atoms with van der Waals surface area (Å²) in [7, 11) is 4.41. The number of benzene rings is 2. The van der Waals surface area contributed by atoms with Gasteiger partial charge in [0.2, 0.25) is 0 Å². The summed E-state index contributed by atoms with van der Waals surface area (Å²) in [5.41, 5.74) is 0.658. The summed E-state index contributed by atoms with van der Waals surface area (Å²) < 4.78 is 16.3. The van der Waals surface area contributed by atoms with Gasteiger partial charge in [0.25, 0.3) is 5.91 Å². The van der Waals surface area contributed by atoms with Crippen molar-refractivity contribution in [1.82, 2.24) is 0 Å². The smallest absolute Gasteiger partial charge is 0.328 e. The van der Waals surface area contributed by atoms with E-state index in [-0.39, 0.29) is 12.0 Å². The number of aliphatic hydroxyl groups is 1. The number of amides is 1. The number of carbonyl (C=O) groups is 2. The molecule has 2 rings (SSSR count). The minimum absolute atomic E-state index is 0.244. The highest BCUT2D eigenvalue weighted by atomic mass is 35.5. The van der Waals surface area contributed by atoms with Crippen LogP contribution in [0.25, 0.3) is 0 Å². The predicted molar refractivity (Wildman–Crippen MR) is 130 cm³/mol. The predicted octanol–water partition coefficient (Wildman–Crippen LogP) is 4.47. The van der Waals surface area contributed by atoms with E-state index in [4.69, 9.17) is 30.9 Å². The Hall–Kier alpha value is -3.23. The number of ether oxygens (including phenoxy) is 3. The number of aliphatic hydroxyl groups excluding tert-OH is 1. The quantitative estimate of drug-likeness (QED) is 0.498. The molecule has 184 valence electrons. The van der Waals surface area contributed by atoms with Crippen LogP contribution in [-0.4, -0.2) is 50.0 Å². The van der Waals surface area contributed by atoms with E-state index in [1.54, 1.807) is 30.3 Å². The second-order valence-electron chi connectivity index (χ2n) is 8.71. The van der Waals surface area contributed by atoms with E-state index in [0.29, 0.717) is 39.1 Å². The van der Waals surface area contributed by atoms with Crippen molar-refractivity contribution in [3.63, 3.8) is 0 Å². The maximum Gasteiger partial charge on any atom is 0.328 e. The Labute approximate surface area is 204 Å². The Morgan fingerprint density at radius 1 is 1.03 bits per heavy atom. The number of hydrogen-bond donors (Lipinski definition) is 2. The molecular formula is C25H30ClNO7. The maximum atomic E-state index is 13.0. The van der Waals surface area contributed by atoms with Crippen molar-refractivity contribution < 1.29 is 34.0 Å². The van der Waals surface area contributed by atoms with E-state index in [9.17, 15) is 14.7 Å². The SMILES string of the molecule is COc1cc(OC)c(C(O)c2cc(Cl)ccc2N(CC(C)(C)C)C(=O)C=CC(=O)O)c(OC)c1. The second kappa shape index (κ2) is 11.3. The summed E-state index contributed by atoms with van der Waals surface area (Å²) in [4.78, 5) is 25.5. The van der Waals surface area contributed by atoms with Gasteiger partial charge in [0, 0.05) is 41.4 Å². The molecule has 2 aromatic carbocycles. The fourth-order valence-electron chi connectivity index (χ4n) is 3.44. The Balaban J connectivity index is 2.74. The lowest BCUT2D eigenvalue weighted by atomic mass is 9.93. The lowest BCUT2D eigenvalue weighted by molar-refractivity contribution is -0.131. The highest BCUT2D eigenvalue weighted by molar-refractivity contribution is 6.30. The van der Waals surface area contributed by atoms with Crippen LogP contribution < -0.4 is 19.1 Å². The van der Waals surface area contributed by atoms with Crippen LogP contribution in [0.15, 0.2) is 42.5 Å². The molecule has 2 aromatic rings. The minimum atomic E-state index is -1.30. The summed E-state index contributed by atoms with van der Waals surface area (Å²) in [6, 6.07) is 7.98. The molecule has 0 radical (unpaired) electrons. The van der Waals surface area contributed by atoms with Gasteiger partial charge in [-0.3, -0.25) is 4.79 Å². The first kappa shape index (κ1) is 27.0. The van der Waals surface area contributed by atoms with Gasteiger partial charge in [-0.25, -0.2) is 4.79 Å². The van der Waals surface area contributed by atoms with E-state index in [1.165, 1.54) is 26.2 Å². The van der Waals surface area contributed by atoms with Gasteiger partial charge in [-0.05, 0) is 23.6 Å². The molecule has 0 heterocycles. The van der Waals surface area contributed by atoms with Crippen molar-refractivity contribution in [3.05, 3.63) is 58.6 Å². The molecule has 0 saturated heterocycles. The number of nitrogens with zero attached hydrogens (tertiary/aromatic N) is 1. The molecule has 0 aliphatic rings. The molecule has 0 aliphatic carbocycles. The first-order valence-corrected chi connectivity index (χ1v) is 10.8. The van der Waals surface area contributed by atoms with Gasteiger partial charge < -0.3 is 29.3 Å². The highest BCUT2D eigenvalue weighted by Gasteiger charge is 2.29. The summed E-state index contributed by atoms with van der Waals surface area (Å²) >= 11 is 6.27. The largest absolute Gasteiger partial charge is 0.496 e. The lowest BCUT2D eigenvalue weighted by Gasteiger charge is -2.32. The maximum absolute atomic E-state index is 13.0. The van der Waals surface area contributed by atoms with Gasteiger partial charge in [0.15, 0.2) is 0 Å². The Bertz CT molecular complexity index is 1050. The first-order valence-electron chi connectivity index (χ1n) is 10.4. The molecule has 0 fully saturated rings. The number of hydrogen-bond acceptors (Lipinski definition) is 6. The first-order chi connectivity index (χ1) is 15.9. The van der Waals surface area contributed by atoms with Gasteiger partial charge in [-0.1, -0.05) is 32.4 Å². The average Bonchev–Trinajstić information content (AvgIpc) is 2.78. The molecule has 0 saturated carbocycles. The van der Waals surface area contributed by atoms with Crippen molar-refractivity contribution >= 4 is 29.2 Å². The van der Waals surface area contributed by atoms with Crippen molar-refractivity contribution in [2.45, 2.75) is 26.9 Å². The topological polar surface area (TPSA) is 106 Å². The number of carboxylic acids is 1. The lowest BCUT2D eigenvalue weighted by Crippen LogP contribution is -2.37. The van der Waals surface area contributed by atoms with Gasteiger partial charge >= 0.3 is 5.97 Å². The third-order valence-corrected chi connectivity index (χ3v) is 5.10. The Morgan fingerprint density at radius 3 is 2.09 bits per heavy atom. The van der Waals surface area contributed by atoms with Crippen molar-refractivity contribution in [1.29, 1.82) is 0 Å². The highest BCUT2D eigenvalue weighted by Crippen LogP contribution is 2.43. The number of methoxy groups -OCH3 is 3. The summed E-state index contributed by atoms with van der Waals surface area (Å²) in [5.74, 6) is -0.697. The number of carbonyl (C=O) groups excluding carboxylic acids is 1. The number of carboxylic acid groups (broad SMARTS) is 1. The zero-order valence-corrected chi connectivity index (χ0v) is 20.8. The van der Waals surface area contributed by atoms with Crippen LogP contribution in [0.5, 0.6) is 17.2 Å². The van der Waals surface area contributed by atoms with Gasteiger partial charge in [0.05, 0.1) is 32.6 Å². The fourth-order valence-corrected chi connectivity index (χ4v) is 3.62. The standard InChI is InChI=1S/C25H30ClNO7/c1-25(2,3)14-27(21(28)9-10-22(29)30)18-8-7-15(26)11-17(18)24(31)23-19(33-5)12-16(32-4)13-20(23)34-6/h7-13,24,31H,14H2,1-6H3,(H,29,30). The zero-order valence-electron chi connectivity index (χ0n) is 20.1. The van der Waals surface area contributed by atoms with Gasteiger partial charge in [-0.15, -0.1) is 0 Å². The zero-order chi connectivity index (χ0) is 25.6. The molecular weight excluding hydrogens is 462 g/mol. The number of aliphatic carboxylic acids is 1. The van der Waals surface area contributed by atoms with Crippen LogP contribution in [-0.2, 0) is 9.59 Å². The average molecular weight is 492 g/mol. The number of halogens is 1. The van der Waals surface area contributed by atoms with E-state index >= 15 is 0 Å². The van der Waals surface area contributed by atoms with Crippen LogP contribution in [0.2, 0.25) is 5.02 Å². The van der Waals surface area contributed by atoms with Gasteiger partial charge in [-0.2, -0.15) is 0 Å². The molecule has 0 bridgehead atoms. The molecule has 1 atom stereocenters. The molecule has 2 N–H and O–H groups in total. The van der Waals surface area contributed by atoms with E-state index in [0.717, 1.165) is 12.2 Å². The summed E-state index contributed by atoms with van der Waals surface area (Å²) in [6.45, 7) is 6.06. The molecule has 9 heteroatoms. The molecule has 34 heavy (non-hydrogen) atoms. The molecule has 0 aromatic heterocycles. The summed E-state index contributed by atoms with van der Waals surface area (Å²) in [6.07, 6.45) is 0.454. The fraction of sp³-hybridized carbons (Fsp3) is 0.360. The second-order valence-corrected chi connectivity index (χ2v) is 9.14.